The Morgan fingerprint density at radius 1 is 0.929 bits per heavy atom. The Balaban J connectivity index is 3.75. The highest BCUT2D eigenvalue weighted by atomic mass is 16.3. The average Bonchev–Trinajstić information content (AvgIpc) is 2.21. The minimum Gasteiger partial charge on any atom is -0.396 e. The van der Waals surface area contributed by atoms with Crippen molar-refractivity contribution >= 4 is 0 Å². The Labute approximate surface area is 88.3 Å². The van der Waals surface area contributed by atoms with Crippen LogP contribution in [0.4, 0.5) is 0 Å². The number of hydrogen-bond acceptors (Lipinski definition) is 2. The molecule has 2 N–H and O–H groups in total. The van der Waals surface area contributed by atoms with E-state index < -0.39 is 0 Å². The lowest BCUT2D eigenvalue weighted by Crippen LogP contribution is -2.20. The van der Waals surface area contributed by atoms with Crippen molar-refractivity contribution in [1.82, 2.24) is 0 Å². The van der Waals surface area contributed by atoms with Crippen molar-refractivity contribution in [1.29, 1.82) is 0 Å². The number of rotatable bonds is 8. The third-order valence-corrected chi connectivity index (χ3v) is 3.30. The third-order valence-electron chi connectivity index (χ3n) is 3.30. The highest BCUT2D eigenvalue weighted by molar-refractivity contribution is 4.68. The average molecular weight is 202 g/mol. The molecule has 0 fully saturated rings. The molecule has 0 heterocycles. The topological polar surface area (TPSA) is 40.5 Å². The van der Waals surface area contributed by atoms with Gasteiger partial charge in [-0.3, -0.25) is 0 Å². The predicted molar refractivity (Wildman–Crippen MR) is 60.2 cm³/mol. The van der Waals surface area contributed by atoms with Gasteiger partial charge in [0.05, 0.1) is 6.10 Å². The van der Waals surface area contributed by atoms with Gasteiger partial charge in [0.15, 0.2) is 0 Å². The molecule has 0 aromatic rings. The van der Waals surface area contributed by atoms with Crippen molar-refractivity contribution in [3.05, 3.63) is 0 Å². The monoisotopic (exact) mass is 202 g/mol. The van der Waals surface area contributed by atoms with Crippen LogP contribution in [-0.2, 0) is 0 Å². The summed E-state index contributed by atoms with van der Waals surface area (Å²) in [5.41, 5.74) is 0. The van der Waals surface area contributed by atoms with E-state index in [1.54, 1.807) is 0 Å². The van der Waals surface area contributed by atoms with E-state index in [1.807, 2.05) is 0 Å². The predicted octanol–water partition coefficient (Wildman–Crippen LogP) is 2.58. The van der Waals surface area contributed by atoms with Gasteiger partial charge in [0.25, 0.3) is 0 Å². The van der Waals surface area contributed by atoms with E-state index in [0.29, 0.717) is 11.8 Å². The van der Waals surface area contributed by atoms with Gasteiger partial charge >= 0.3 is 0 Å². The summed E-state index contributed by atoms with van der Waals surface area (Å²) in [4.78, 5) is 0. The largest absolute Gasteiger partial charge is 0.396 e. The molecule has 0 bridgehead atoms. The van der Waals surface area contributed by atoms with Crippen LogP contribution >= 0.6 is 0 Å². The Bertz CT molecular complexity index is 117. The standard InChI is InChI=1S/C12H26O2/c1-4-10(9-13)7-8-12(14)11(5-2)6-3/h10-14H,4-9H2,1-3H3. The van der Waals surface area contributed by atoms with Crippen LogP contribution in [0.5, 0.6) is 0 Å². The maximum absolute atomic E-state index is 9.87. The van der Waals surface area contributed by atoms with E-state index in [2.05, 4.69) is 20.8 Å². The number of aliphatic hydroxyl groups is 2. The highest BCUT2D eigenvalue weighted by Gasteiger charge is 2.16. The molecule has 0 radical (unpaired) electrons. The maximum Gasteiger partial charge on any atom is 0.0568 e. The molecule has 0 aliphatic heterocycles. The van der Waals surface area contributed by atoms with Gasteiger partial charge in [-0.2, -0.15) is 0 Å². The molecule has 2 unspecified atom stereocenters. The molecule has 2 nitrogen and oxygen atoms in total. The molecule has 0 rings (SSSR count). The van der Waals surface area contributed by atoms with Crippen LogP contribution in [0, 0.1) is 11.8 Å². The van der Waals surface area contributed by atoms with Gasteiger partial charge < -0.3 is 10.2 Å². The Morgan fingerprint density at radius 2 is 1.50 bits per heavy atom. The minimum atomic E-state index is -0.175. The molecule has 14 heavy (non-hydrogen) atoms. The number of aliphatic hydroxyl groups excluding tert-OH is 2. The lowest BCUT2D eigenvalue weighted by atomic mass is 9.90. The SMILES string of the molecule is CCC(CO)CCC(O)C(CC)CC. The summed E-state index contributed by atoms with van der Waals surface area (Å²) in [6, 6.07) is 0. The summed E-state index contributed by atoms with van der Waals surface area (Å²) >= 11 is 0. The summed E-state index contributed by atoms with van der Waals surface area (Å²) in [7, 11) is 0. The first-order chi connectivity index (χ1) is 6.69. The van der Waals surface area contributed by atoms with Crippen LogP contribution in [0.3, 0.4) is 0 Å². The molecule has 2 heteroatoms. The first-order valence-electron chi connectivity index (χ1n) is 5.98. The third kappa shape index (κ3) is 4.97. The van der Waals surface area contributed by atoms with Crippen LogP contribution in [0.15, 0.2) is 0 Å². The Kier molecular flexibility index (Phi) is 8.20. The fourth-order valence-electron chi connectivity index (χ4n) is 1.90. The van der Waals surface area contributed by atoms with E-state index in [0.717, 1.165) is 32.1 Å². The second kappa shape index (κ2) is 8.25. The zero-order valence-corrected chi connectivity index (χ0v) is 9.87. The Morgan fingerprint density at radius 3 is 1.86 bits per heavy atom. The highest BCUT2D eigenvalue weighted by Crippen LogP contribution is 2.20. The van der Waals surface area contributed by atoms with Crippen molar-refractivity contribution in [3.63, 3.8) is 0 Å². The number of hydrogen-bond donors (Lipinski definition) is 2. The van der Waals surface area contributed by atoms with Gasteiger partial charge in [0, 0.05) is 6.61 Å². The van der Waals surface area contributed by atoms with Crippen LogP contribution in [0.25, 0.3) is 0 Å². The minimum absolute atomic E-state index is 0.175. The summed E-state index contributed by atoms with van der Waals surface area (Å²) in [5.74, 6) is 0.810. The van der Waals surface area contributed by atoms with Gasteiger partial charge in [0.1, 0.15) is 0 Å². The van der Waals surface area contributed by atoms with E-state index in [9.17, 15) is 5.11 Å². The van der Waals surface area contributed by atoms with E-state index in [1.165, 1.54) is 0 Å². The summed E-state index contributed by atoms with van der Waals surface area (Å²) in [5, 5.41) is 18.9. The van der Waals surface area contributed by atoms with Crippen LogP contribution in [0.1, 0.15) is 52.9 Å². The molecule has 0 aliphatic rings. The normalized spacial score (nSPS) is 15.9. The van der Waals surface area contributed by atoms with E-state index in [-0.39, 0.29) is 12.7 Å². The first-order valence-corrected chi connectivity index (χ1v) is 5.98. The molecule has 0 aromatic heterocycles. The van der Waals surface area contributed by atoms with Crippen molar-refractivity contribution in [2.24, 2.45) is 11.8 Å². The fraction of sp³-hybridized carbons (Fsp3) is 1.00. The maximum atomic E-state index is 9.87. The zero-order chi connectivity index (χ0) is 11.0. The first kappa shape index (κ1) is 13.9. The quantitative estimate of drug-likeness (QED) is 0.635. The van der Waals surface area contributed by atoms with Gasteiger partial charge in [-0.25, -0.2) is 0 Å². The van der Waals surface area contributed by atoms with E-state index >= 15 is 0 Å². The molecule has 0 amide bonds. The summed E-state index contributed by atoms with van der Waals surface area (Å²) in [6.07, 6.45) is 4.72. The molecule has 0 aliphatic carbocycles. The van der Waals surface area contributed by atoms with Crippen molar-refractivity contribution < 1.29 is 10.2 Å². The van der Waals surface area contributed by atoms with Gasteiger partial charge in [-0.15, -0.1) is 0 Å². The zero-order valence-electron chi connectivity index (χ0n) is 9.87. The van der Waals surface area contributed by atoms with Gasteiger partial charge in [-0.05, 0) is 24.7 Å². The molecule has 86 valence electrons. The van der Waals surface area contributed by atoms with E-state index in [4.69, 9.17) is 5.11 Å². The van der Waals surface area contributed by atoms with Crippen molar-refractivity contribution in [2.45, 2.75) is 59.0 Å². The second-order valence-corrected chi connectivity index (χ2v) is 4.18. The second-order valence-electron chi connectivity index (χ2n) is 4.18. The molecular formula is C12H26O2. The molecule has 0 aromatic carbocycles. The molecule has 0 spiro atoms. The molecule has 2 atom stereocenters. The van der Waals surface area contributed by atoms with Crippen molar-refractivity contribution in [2.75, 3.05) is 6.61 Å². The van der Waals surface area contributed by atoms with Crippen LogP contribution < -0.4 is 0 Å². The molecule has 0 saturated heterocycles. The summed E-state index contributed by atoms with van der Waals surface area (Å²) in [6.45, 7) is 6.60. The lowest BCUT2D eigenvalue weighted by Gasteiger charge is -2.21. The van der Waals surface area contributed by atoms with Crippen LogP contribution in [-0.4, -0.2) is 22.9 Å². The molecular weight excluding hydrogens is 176 g/mol. The Hall–Kier alpha value is -0.0800. The van der Waals surface area contributed by atoms with Crippen LogP contribution in [0.2, 0.25) is 0 Å². The lowest BCUT2D eigenvalue weighted by molar-refractivity contribution is 0.0818. The molecule has 0 saturated carbocycles. The van der Waals surface area contributed by atoms with Gasteiger partial charge in [0.2, 0.25) is 0 Å². The summed E-state index contributed by atoms with van der Waals surface area (Å²) < 4.78 is 0. The van der Waals surface area contributed by atoms with Crippen molar-refractivity contribution in [3.8, 4) is 0 Å². The smallest absolute Gasteiger partial charge is 0.0568 e. The van der Waals surface area contributed by atoms with Gasteiger partial charge in [-0.1, -0.05) is 40.0 Å². The fourth-order valence-corrected chi connectivity index (χ4v) is 1.90.